The van der Waals surface area contributed by atoms with E-state index in [1.807, 2.05) is 18.2 Å². The van der Waals surface area contributed by atoms with E-state index in [0.717, 1.165) is 36.3 Å². The second-order valence-corrected chi connectivity index (χ2v) is 8.72. The summed E-state index contributed by atoms with van der Waals surface area (Å²) in [4.78, 5) is 12.5. The molecule has 150 valence electrons. The van der Waals surface area contributed by atoms with Crippen LogP contribution in [0.5, 0.6) is 11.5 Å². The summed E-state index contributed by atoms with van der Waals surface area (Å²) in [6.07, 6.45) is 4.33. The maximum Gasteiger partial charge on any atom is 0.305 e. The van der Waals surface area contributed by atoms with Crippen LogP contribution in [-0.2, 0) is 14.9 Å². The number of unbranched alkanes of at least 4 members (excludes halogenated alkanes) is 2. The number of hydrogen-bond donors (Lipinski definition) is 2. The van der Waals surface area contributed by atoms with Gasteiger partial charge in [0.2, 0.25) is 0 Å². The number of aromatic hydroxyl groups is 2. The Morgan fingerprint density at radius 2 is 1.82 bits per heavy atom. The van der Waals surface area contributed by atoms with Crippen molar-refractivity contribution in [1.29, 1.82) is 0 Å². The number of carbonyl (C=O) groups is 1. The molecule has 3 rings (SSSR count). The Labute approximate surface area is 170 Å². The molecule has 0 amide bonds. The zero-order chi connectivity index (χ0) is 20.1. The van der Waals surface area contributed by atoms with Crippen LogP contribution in [0.4, 0.5) is 0 Å². The average molecular weight is 401 g/mol. The summed E-state index contributed by atoms with van der Waals surface area (Å²) < 4.78 is 4.72. The van der Waals surface area contributed by atoms with Gasteiger partial charge in [-0.2, -0.15) is 0 Å². The molecule has 4 nitrogen and oxygen atoms in total. The van der Waals surface area contributed by atoms with Gasteiger partial charge in [-0.3, -0.25) is 4.79 Å². The van der Waals surface area contributed by atoms with Gasteiger partial charge < -0.3 is 14.9 Å². The molecule has 0 saturated carbocycles. The molecule has 2 N–H and O–H groups in total. The van der Waals surface area contributed by atoms with Crippen LogP contribution in [0, 0.1) is 0 Å². The van der Waals surface area contributed by atoms with E-state index in [4.69, 9.17) is 4.74 Å². The third kappa shape index (κ3) is 4.46. The lowest BCUT2D eigenvalue weighted by Gasteiger charge is -2.43. The van der Waals surface area contributed by atoms with Crippen molar-refractivity contribution in [3.8, 4) is 11.5 Å². The van der Waals surface area contributed by atoms with E-state index in [0.29, 0.717) is 18.1 Å². The molecule has 1 aliphatic rings. The lowest BCUT2D eigenvalue weighted by atomic mass is 9.68. The molecule has 28 heavy (non-hydrogen) atoms. The zero-order valence-corrected chi connectivity index (χ0v) is 17.3. The first kappa shape index (κ1) is 20.6. The number of rotatable bonds is 7. The number of ether oxygens (including phenoxy) is 1. The quantitative estimate of drug-likeness (QED) is 0.483. The van der Waals surface area contributed by atoms with E-state index in [2.05, 4.69) is 13.0 Å². The molecule has 2 aromatic rings. The van der Waals surface area contributed by atoms with E-state index < -0.39 is 0 Å². The molecule has 1 heterocycles. The molecule has 0 saturated heterocycles. The van der Waals surface area contributed by atoms with Gasteiger partial charge in [-0.1, -0.05) is 38.0 Å². The molecule has 5 heteroatoms. The third-order valence-electron chi connectivity index (χ3n) is 5.80. The van der Waals surface area contributed by atoms with E-state index in [1.54, 1.807) is 30.0 Å². The fourth-order valence-corrected chi connectivity index (χ4v) is 5.51. The first-order chi connectivity index (χ1) is 13.4. The van der Waals surface area contributed by atoms with E-state index in [1.165, 1.54) is 18.2 Å². The van der Waals surface area contributed by atoms with Gasteiger partial charge in [-0.15, -0.1) is 11.8 Å². The molecule has 0 bridgehead atoms. The van der Waals surface area contributed by atoms with Crippen LogP contribution >= 0.6 is 11.8 Å². The van der Waals surface area contributed by atoms with Gasteiger partial charge in [0, 0.05) is 22.5 Å². The average Bonchev–Trinajstić information content (AvgIpc) is 2.69. The summed E-state index contributed by atoms with van der Waals surface area (Å²) in [6.45, 7) is 2.29. The van der Waals surface area contributed by atoms with Crippen LogP contribution in [0.15, 0.2) is 47.4 Å². The van der Waals surface area contributed by atoms with Crippen molar-refractivity contribution in [2.24, 2.45) is 0 Å². The van der Waals surface area contributed by atoms with Crippen molar-refractivity contribution in [2.75, 3.05) is 12.9 Å². The van der Waals surface area contributed by atoms with Gasteiger partial charge >= 0.3 is 5.97 Å². The lowest BCUT2D eigenvalue weighted by Crippen LogP contribution is -2.36. The van der Waals surface area contributed by atoms with Gasteiger partial charge in [-0.05, 0) is 54.2 Å². The Morgan fingerprint density at radius 3 is 2.54 bits per heavy atom. The maximum absolute atomic E-state index is 11.3. The van der Waals surface area contributed by atoms with E-state index in [9.17, 15) is 15.0 Å². The standard InChI is InChI=1S/C23H28O4S/c1-23(16-8-10-17(24)11-9-16)15-28-21-14-18(25)12-13-19(21)20(23)6-4-3-5-7-22(26)27-2/h8-14,20,24-25H,3-7,15H2,1-2H3/t20-,23-/m1/s1. The smallest absolute Gasteiger partial charge is 0.305 e. The molecular weight excluding hydrogens is 372 g/mol. The first-order valence-electron chi connectivity index (χ1n) is 9.76. The topological polar surface area (TPSA) is 66.8 Å². The Bertz CT molecular complexity index is 818. The molecule has 0 fully saturated rings. The minimum Gasteiger partial charge on any atom is -0.508 e. The highest BCUT2D eigenvalue weighted by atomic mass is 32.2. The number of methoxy groups -OCH3 is 1. The fourth-order valence-electron chi connectivity index (χ4n) is 4.10. The number of esters is 1. The second kappa shape index (κ2) is 8.91. The molecule has 0 aromatic heterocycles. The normalized spacial score (nSPS) is 21.1. The summed E-state index contributed by atoms with van der Waals surface area (Å²) in [6, 6.07) is 13.2. The van der Waals surface area contributed by atoms with Gasteiger partial charge in [0.05, 0.1) is 7.11 Å². The Hall–Kier alpha value is -2.14. The molecule has 0 spiro atoms. The van der Waals surface area contributed by atoms with Crippen molar-refractivity contribution in [3.05, 3.63) is 53.6 Å². The highest BCUT2D eigenvalue weighted by molar-refractivity contribution is 7.99. The zero-order valence-electron chi connectivity index (χ0n) is 16.5. The molecule has 0 aliphatic carbocycles. The SMILES string of the molecule is COC(=O)CCCCC[C@@H]1c2ccc(O)cc2SC[C@]1(C)c1ccc(O)cc1. The first-order valence-corrected chi connectivity index (χ1v) is 10.7. The molecule has 0 unspecified atom stereocenters. The van der Waals surface area contributed by atoms with Gasteiger partial charge in [-0.25, -0.2) is 0 Å². The summed E-state index contributed by atoms with van der Waals surface area (Å²) >= 11 is 1.78. The molecule has 2 atom stereocenters. The van der Waals surface area contributed by atoms with Crippen molar-refractivity contribution in [3.63, 3.8) is 0 Å². The van der Waals surface area contributed by atoms with Crippen LogP contribution in [0.1, 0.15) is 56.1 Å². The maximum atomic E-state index is 11.3. The highest BCUT2D eigenvalue weighted by Gasteiger charge is 2.41. The minimum atomic E-state index is -0.149. The van der Waals surface area contributed by atoms with Crippen LogP contribution in [0.25, 0.3) is 0 Å². The number of carbonyl (C=O) groups excluding carboxylic acids is 1. The van der Waals surface area contributed by atoms with E-state index in [-0.39, 0.29) is 17.1 Å². The molecular formula is C23H28O4S. The Kier molecular flexibility index (Phi) is 6.55. The van der Waals surface area contributed by atoms with Crippen LogP contribution in [0.2, 0.25) is 0 Å². The summed E-state index contributed by atoms with van der Waals surface area (Å²) in [5.74, 6) is 1.66. The summed E-state index contributed by atoms with van der Waals surface area (Å²) in [7, 11) is 1.43. The van der Waals surface area contributed by atoms with Gasteiger partial charge in [0.1, 0.15) is 11.5 Å². The number of thioether (sulfide) groups is 1. The number of benzene rings is 2. The van der Waals surface area contributed by atoms with Crippen molar-refractivity contribution in [1.82, 2.24) is 0 Å². The molecule has 0 radical (unpaired) electrons. The third-order valence-corrected chi connectivity index (χ3v) is 7.21. The van der Waals surface area contributed by atoms with Gasteiger partial charge in [0.15, 0.2) is 0 Å². The van der Waals surface area contributed by atoms with Crippen molar-refractivity contribution in [2.45, 2.75) is 55.3 Å². The predicted molar refractivity (Wildman–Crippen MR) is 112 cm³/mol. The molecule has 1 aliphatic heterocycles. The fraction of sp³-hybridized carbons (Fsp3) is 0.435. The monoisotopic (exact) mass is 400 g/mol. The van der Waals surface area contributed by atoms with Crippen LogP contribution < -0.4 is 0 Å². The minimum absolute atomic E-state index is 0.0648. The Balaban J connectivity index is 1.81. The summed E-state index contributed by atoms with van der Waals surface area (Å²) in [5.41, 5.74) is 2.43. The van der Waals surface area contributed by atoms with Crippen LogP contribution in [0.3, 0.4) is 0 Å². The summed E-state index contributed by atoms with van der Waals surface area (Å²) in [5, 5.41) is 19.6. The van der Waals surface area contributed by atoms with Crippen LogP contribution in [-0.4, -0.2) is 29.0 Å². The van der Waals surface area contributed by atoms with Crippen molar-refractivity contribution >= 4 is 17.7 Å². The Morgan fingerprint density at radius 1 is 1.11 bits per heavy atom. The second-order valence-electron chi connectivity index (χ2n) is 7.70. The molecule has 2 aromatic carbocycles. The lowest BCUT2D eigenvalue weighted by molar-refractivity contribution is -0.140. The number of hydrogen-bond acceptors (Lipinski definition) is 5. The highest BCUT2D eigenvalue weighted by Crippen LogP contribution is 2.52. The largest absolute Gasteiger partial charge is 0.508 e. The van der Waals surface area contributed by atoms with Crippen molar-refractivity contribution < 1.29 is 19.7 Å². The van der Waals surface area contributed by atoms with Gasteiger partial charge in [0.25, 0.3) is 0 Å². The van der Waals surface area contributed by atoms with E-state index >= 15 is 0 Å². The number of fused-ring (bicyclic) bond motifs is 1. The number of phenols is 2. The predicted octanol–water partition coefficient (Wildman–Crippen LogP) is 5.37. The number of phenolic OH excluding ortho intramolecular Hbond substituents is 2.